The lowest BCUT2D eigenvalue weighted by Gasteiger charge is -2.42. The summed E-state index contributed by atoms with van der Waals surface area (Å²) in [5, 5.41) is 14.6. The van der Waals surface area contributed by atoms with Gasteiger partial charge in [-0.15, -0.1) is 0 Å². The lowest BCUT2D eigenvalue weighted by Crippen LogP contribution is -2.44. The smallest absolute Gasteiger partial charge is 0.0706 e. The molecule has 4 heteroatoms. The summed E-state index contributed by atoms with van der Waals surface area (Å²) < 4.78 is 2.55. The van der Waals surface area contributed by atoms with Crippen molar-refractivity contribution in [1.29, 1.82) is 0 Å². The van der Waals surface area contributed by atoms with Crippen LogP contribution in [0.25, 0.3) is 10.9 Å². The van der Waals surface area contributed by atoms with Gasteiger partial charge in [0.25, 0.3) is 0 Å². The number of hydrogen-bond donors (Lipinski definition) is 2. The SMILES string of the molecule is CNCc1c(CO)c2ccccc2n1C1CCN([C@H]2CC[C@@H](C(C)C)CC2)CC1. The standard InChI is InChI=1S/C25H39N3O/c1-18(2)19-8-10-20(11-9-19)27-14-12-21(13-15-27)28-24-7-5-4-6-22(24)23(17-29)25(28)16-26-3/h4-7,18-21,26,29H,8-17H2,1-3H3/t19-,20+. The third-order valence-corrected chi connectivity index (χ3v) is 7.69. The molecule has 4 nitrogen and oxygen atoms in total. The summed E-state index contributed by atoms with van der Waals surface area (Å²) in [5.74, 6) is 1.78. The molecule has 1 saturated carbocycles. The van der Waals surface area contributed by atoms with Gasteiger partial charge in [-0.1, -0.05) is 32.0 Å². The molecule has 2 aromatic rings. The van der Waals surface area contributed by atoms with E-state index in [9.17, 15) is 5.11 Å². The fourth-order valence-electron chi connectivity index (χ4n) is 5.98. The summed E-state index contributed by atoms with van der Waals surface area (Å²) in [7, 11) is 2.00. The van der Waals surface area contributed by atoms with Crippen molar-refractivity contribution < 1.29 is 5.11 Å². The molecule has 0 unspecified atom stereocenters. The quantitative estimate of drug-likeness (QED) is 0.742. The van der Waals surface area contributed by atoms with Crippen molar-refractivity contribution in [2.45, 2.75) is 77.6 Å². The first-order chi connectivity index (χ1) is 14.1. The van der Waals surface area contributed by atoms with Crippen LogP contribution in [0.15, 0.2) is 24.3 Å². The van der Waals surface area contributed by atoms with Crippen LogP contribution in [-0.4, -0.2) is 40.8 Å². The van der Waals surface area contributed by atoms with Gasteiger partial charge >= 0.3 is 0 Å². The van der Waals surface area contributed by atoms with Crippen molar-refractivity contribution in [3.63, 3.8) is 0 Å². The highest BCUT2D eigenvalue weighted by atomic mass is 16.3. The second kappa shape index (κ2) is 9.20. The second-order valence-electron chi connectivity index (χ2n) is 9.58. The Labute approximate surface area is 176 Å². The first-order valence-corrected chi connectivity index (χ1v) is 11.7. The monoisotopic (exact) mass is 397 g/mol. The number of nitrogens with one attached hydrogen (secondary N) is 1. The number of aliphatic hydroxyl groups excluding tert-OH is 1. The molecule has 1 aromatic heterocycles. The number of para-hydroxylation sites is 1. The molecule has 1 aromatic carbocycles. The Morgan fingerprint density at radius 2 is 1.69 bits per heavy atom. The normalized spacial score (nSPS) is 24.6. The molecule has 1 aliphatic carbocycles. The molecule has 1 saturated heterocycles. The zero-order chi connectivity index (χ0) is 20.4. The summed E-state index contributed by atoms with van der Waals surface area (Å²) in [5.41, 5.74) is 3.66. The molecule has 4 rings (SSSR count). The van der Waals surface area contributed by atoms with Crippen LogP contribution in [0.5, 0.6) is 0 Å². The predicted molar refractivity (Wildman–Crippen MR) is 121 cm³/mol. The summed E-state index contributed by atoms with van der Waals surface area (Å²) in [6.45, 7) is 8.12. The van der Waals surface area contributed by atoms with Crippen LogP contribution in [0, 0.1) is 11.8 Å². The van der Waals surface area contributed by atoms with Crippen LogP contribution in [0.3, 0.4) is 0 Å². The first kappa shape index (κ1) is 20.9. The molecule has 0 spiro atoms. The maximum Gasteiger partial charge on any atom is 0.0706 e. The first-order valence-electron chi connectivity index (χ1n) is 11.7. The van der Waals surface area contributed by atoms with E-state index in [1.54, 1.807) is 0 Å². The van der Waals surface area contributed by atoms with Crippen LogP contribution in [0.2, 0.25) is 0 Å². The van der Waals surface area contributed by atoms with Crippen molar-refractivity contribution >= 4 is 10.9 Å². The Hall–Kier alpha value is -1.36. The van der Waals surface area contributed by atoms with Crippen LogP contribution in [0.1, 0.15) is 69.7 Å². The third-order valence-electron chi connectivity index (χ3n) is 7.69. The summed E-state index contributed by atoms with van der Waals surface area (Å²) in [6.07, 6.45) is 8.03. The number of nitrogens with zero attached hydrogens (tertiary/aromatic N) is 2. The topological polar surface area (TPSA) is 40.4 Å². The van der Waals surface area contributed by atoms with E-state index in [0.29, 0.717) is 6.04 Å². The van der Waals surface area contributed by atoms with Crippen LogP contribution in [-0.2, 0) is 13.2 Å². The largest absolute Gasteiger partial charge is 0.392 e. The van der Waals surface area contributed by atoms with E-state index in [-0.39, 0.29) is 6.61 Å². The minimum atomic E-state index is 0.114. The van der Waals surface area contributed by atoms with Gasteiger partial charge in [-0.3, -0.25) is 0 Å². The average molecular weight is 398 g/mol. The number of aliphatic hydroxyl groups is 1. The minimum Gasteiger partial charge on any atom is -0.392 e. The number of aromatic nitrogens is 1. The lowest BCUT2D eigenvalue weighted by atomic mass is 9.79. The van der Waals surface area contributed by atoms with Gasteiger partial charge < -0.3 is 19.9 Å². The van der Waals surface area contributed by atoms with Gasteiger partial charge in [0.05, 0.1) is 6.61 Å². The minimum absolute atomic E-state index is 0.114. The molecule has 2 fully saturated rings. The zero-order valence-corrected chi connectivity index (χ0v) is 18.5. The van der Waals surface area contributed by atoms with E-state index in [1.807, 2.05) is 7.05 Å². The van der Waals surface area contributed by atoms with Gasteiger partial charge in [-0.25, -0.2) is 0 Å². The van der Waals surface area contributed by atoms with Crippen molar-refractivity contribution in [2.75, 3.05) is 20.1 Å². The van der Waals surface area contributed by atoms with Gasteiger partial charge in [-0.2, -0.15) is 0 Å². The number of rotatable bonds is 6. The Morgan fingerprint density at radius 3 is 2.31 bits per heavy atom. The van der Waals surface area contributed by atoms with Gasteiger partial charge in [0.1, 0.15) is 0 Å². The predicted octanol–water partition coefficient (Wildman–Crippen LogP) is 4.70. The fourth-order valence-corrected chi connectivity index (χ4v) is 5.98. The molecule has 2 aliphatic rings. The lowest BCUT2D eigenvalue weighted by molar-refractivity contribution is 0.0888. The molecule has 29 heavy (non-hydrogen) atoms. The highest BCUT2D eigenvalue weighted by molar-refractivity contribution is 5.85. The maximum atomic E-state index is 10.1. The Kier molecular flexibility index (Phi) is 6.63. The summed E-state index contributed by atoms with van der Waals surface area (Å²) in [4.78, 5) is 2.78. The highest BCUT2D eigenvalue weighted by Gasteiger charge is 2.31. The van der Waals surface area contributed by atoms with Crippen molar-refractivity contribution in [1.82, 2.24) is 14.8 Å². The van der Waals surface area contributed by atoms with Crippen molar-refractivity contribution in [3.05, 3.63) is 35.5 Å². The molecule has 0 atom stereocenters. The number of fused-ring (bicyclic) bond motifs is 1. The van der Waals surface area contributed by atoms with E-state index in [4.69, 9.17) is 0 Å². The number of benzene rings is 1. The van der Waals surface area contributed by atoms with Crippen molar-refractivity contribution in [2.24, 2.45) is 11.8 Å². The molecule has 0 amide bonds. The molecule has 1 aliphatic heterocycles. The fraction of sp³-hybridized carbons (Fsp3) is 0.680. The molecule has 2 heterocycles. The molecular formula is C25H39N3O. The number of hydrogen-bond acceptors (Lipinski definition) is 3. The van der Waals surface area contributed by atoms with Gasteiger partial charge in [0.2, 0.25) is 0 Å². The Morgan fingerprint density at radius 1 is 1.00 bits per heavy atom. The summed E-state index contributed by atoms with van der Waals surface area (Å²) in [6, 6.07) is 9.95. The van der Waals surface area contributed by atoms with Gasteiger partial charge in [-0.05, 0) is 63.5 Å². The van der Waals surface area contributed by atoms with E-state index in [2.05, 4.69) is 52.9 Å². The van der Waals surface area contributed by atoms with Crippen molar-refractivity contribution in [3.8, 4) is 0 Å². The summed E-state index contributed by atoms with van der Waals surface area (Å²) >= 11 is 0. The number of likely N-dealkylation sites (tertiary alicyclic amines) is 1. The Balaban J connectivity index is 1.49. The zero-order valence-electron chi connectivity index (χ0n) is 18.5. The highest BCUT2D eigenvalue weighted by Crippen LogP contribution is 2.37. The average Bonchev–Trinajstić information content (AvgIpc) is 3.07. The molecule has 0 bridgehead atoms. The molecular weight excluding hydrogens is 358 g/mol. The molecule has 2 N–H and O–H groups in total. The van der Waals surface area contributed by atoms with E-state index < -0.39 is 0 Å². The van der Waals surface area contributed by atoms with Crippen LogP contribution in [0.4, 0.5) is 0 Å². The van der Waals surface area contributed by atoms with E-state index >= 15 is 0 Å². The van der Waals surface area contributed by atoms with Gasteiger partial charge in [0, 0.05) is 53.9 Å². The Bertz CT molecular complexity index is 796. The molecule has 160 valence electrons. The van der Waals surface area contributed by atoms with Crippen LogP contribution < -0.4 is 5.32 Å². The number of piperidine rings is 1. The third kappa shape index (κ3) is 4.12. The van der Waals surface area contributed by atoms with E-state index in [1.165, 1.54) is 68.2 Å². The van der Waals surface area contributed by atoms with Crippen LogP contribution >= 0.6 is 0 Å². The second-order valence-corrected chi connectivity index (χ2v) is 9.58. The van der Waals surface area contributed by atoms with E-state index in [0.717, 1.165) is 30.0 Å². The maximum absolute atomic E-state index is 10.1. The molecule has 0 radical (unpaired) electrons. The van der Waals surface area contributed by atoms with Gasteiger partial charge in [0.15, 0.2) is 0 Å².